The van der Waals surface area contributed by atoms with Crippen molar-refractivity contribution in [2.45, 2.75) is 6.92 Å². The van der Waals surface area contributed by atoms with Crippen LogP contribution in [0.25, 0.3) is 0 Å². The van der Waals surface area contributed by atoms with Crippen LogP contribution in [0.5, 0.6) is 0 Å². The SMILES string of the molecule is Cc1ccc(Nc2cccc(C#N)c2)cc1. The van der Waals surface area contributed by atoms with Gasteiger partial charge >= 0.3 is 0 Å². The van der Waals surface area contributed by atoms with Crippen molar-refractivity contribution in [1.82, 2.24) is 0 Å². The molecular weight excluding hydrogens is 196 g/mol. The Balaban J connectivity index is 2.21. The van der Waals surface area contributed by atoms with Crippen molar-refractivity contribution < 1.29 is 0 Å². The van der Waals surface area contributed by atoms with Crippen molar-refractivity contribution in [2.75, 3.05) is 5.32 Å². The summed E-state index contributed by atoms with van der Waals surface area (Å²) in [4.78, 5) is 0. The highest BCUT2D eigenvalue weighted by molar-refractivity contribution is 5.61. The highest BCUT2D eigenvalue weighted by atomic mass is 14.9. The Morgan fingerprint density at radius 2 is 1.75 bits per heavy atom. The summed E-state index contributed by atoms with van der Waals surface area (Å²) in [6, 6.07) is 17.7. The molecular formula is C14H12N2. The topological polar surface area (TPSA) is 35.8 Å². The largest absolute Gasteiger partial charge is 0.355 e. The Morgan fingerprint density at radius 3 is 2.44 bits per heavy atom. The van der Waals surface area contributed by atoms with Crippen LogP contribution in [0.4, 0.5) is 11.4 Å². The van der Waals surface area contributed by atoms with Gasteiger partial charge in [-0.05, 0) is 37.3 Å². The van der Waals surface area contributed by atoms with E-state index < -0.39 is 0 Å². The molecule has 16 heavy (non-hydrogen) atoms. The van der Waals surface area contributed by atoms with E-state index in [1.165, 1.54) is 5.56 Å². The fourth-order valence-electron chi connectivity index (χ4n) is 1.47. The van der Waals surface area contributed by atoms with Crippen LogP contribution in [0, 0.1) is 18.3 Å². The molecule has 0 aliphatic carbocycles. The Hall–Kier alpha value is -2.27. The van der Waals surface area contributed by atoms with E-state index in [-0.39, 0.29) is 0 Å². The molecule has 2 rings (SSSR count). The molecule has 0 bridgehead atoms. The molecule has 1 N–H and O–H groups in total. The predicted molar refractivity (Wildman–Crippen MR) is 65.6 cm³/mol. The van der Waals surface area contributed by atoms with Crippen LogP contribution in [0.1, 0.15) is 11.1 Å². The summed E-state index contributed by atoms with van der Waals surface area (Å²) in [6.07, 6.45) is 0. The smallest absolute Gasteiger partial charge is 0.0992 e. The summed E-state index contributed by atoms with van der Waals surface area (Å²) in [6.45, 7) is 2.06. The highest BCUT2D eigenvalue weighted by Gasteiger charge is 1.95. The lowest BCUT2D eigenvalue weighted by Gasteiger charge is -2.06. The molecule has 0 saturated heterocycles. The number of nitriles is 1. The van der Waals surface area contributed by atoms with E-state index in [1.807, 2.05) is 30.3 Å². The van der Waals surface area contributed by atoms with Gasteiger partial charge in [0, 0.05) is 11.4 Å². The molecule has 0 heterocycles. The molecule has 0 saturated carbocycles. The van der Waals surface area contributed by atoms with Crippen LogP contribution in [-0.4, -0.2) is 0 Å². The lowest BCUT2D eigenvalue weighted by molar-refractivity contribution is 1.44. The van der Waals surface area contributed by atoms with Crippen molar-refractivity contribution in [1.29, 1.82) is 5.26 Å². The average Bonchev–Trinajstić information content (AvgIpc) is 2.32. The van der Waals surface area contributed by atoms with Crippen molar-refractivity contribution in [2.24, 2.45) is 0 Å². The van der Waals surface area contributed by atoms with E-state index in [1.54, 1.807) is 6.07 Å². The van der Waals surface area contributed by atoms with E-state index in [0.717, 1.165) is 11.4 Å². The fraction of sp³-hybridized carbons (Fsp3) is 0.0714. The second kappa shape index (κ2) is 4.50. The number of hydrogen-bond acceptors (Lipinski definition) is 2. The van der Waals surface area contributed by atoms with Crippen LogP contribution < -0.4 is 5.32 Å². The van der Waals surface area contributed by atoms with Crippen LogP contribution in [-0.2, 0) is 0 Å². The molecule has 0 unspecified atom stereocenters. The number of aryl methyl sites for hydroxylation is 1. The van der Waals surface area contributed by atoms with Gasteiger partial charge in [-0.15, -0.1) is 0 Å². The molecule has 0 fully saturated rings. The highest BCUT2D eigenvalue weighted by Crippen LogP contribution is 2.17. The van der Waals surface area contributed by atoms with Crippen LogP contribution in [0.2, 0.25) is 0 Å². The quantitative estimate of drug-likeness (QED) is 0.818. The minimum Gasteiger partial charge on any atom is -0.355 e. The van der Waals surface area contributed by atoms with Crippen molar-refractivity contribution in [3.05, 3.63) is 59.7 Å². The van der Waals surface area contributed by atoms with Crippen LogP contribution >= 0.6 is 0 Å². The third-order valence-corrected chi connectivity index (χ3v) is 2.33. The molecule has 0 amide bonds. The summed E-state index contributed by atoms with van der Waals surface area (Å²) in [5, 5.41) is 12.0. The van der Waals surface area contributed by atoms with Gasteiger partial charge in [0.05, 0.1) is 11.6 Å². The summed E-state index contributed by atoms with van der Waals surface area (Å²) < 4.78 is 0. The van der Waals surface area contributed by atoms with Crippen molar-refractivity contribution in [3.63, 3.8) is 0 Å². The Morgan fingerprint density at radius 1 is 1.00 bits per heavy atom. The monoisotopic (exact) mass is 208 g/mol. The van der Waals surface area contributed by atoms with E-state index in [2.05, 4.69) is 30.4 Å². The first-order valence-corrected chi connectivity index (χ1v) is 5.12. The van der Waals surface area contributed by atoms with Gasteiger partial charge in [0.15, 0.2) is 0 Å². The van der Waals surface area contributed by atoms with Gasteiger partial charge in [0.1, 0.15) is 0 Å². The first-order chi connectivity index (χ1) is 7.78. The molecule has 0 radical (unpaired) electrons. The predicted octanol–water partition coefficient (Wildman–Crippen LogP) is 3.61. The number of nitrogens with one attached hydrogen (secondary N) is 1. The third kappa shape index (κ3) is 2.40. The van der Waals surface area contributed by atoms with Gasteiger partial charge in [-0.3, -0.25) is 0 Å². The molecule has 0 atom stereocenters. The van der Waals surface area contributed by atoms with E-state index in [0.29, 0.717) is 5.56 Å². The Labute approximate surface area is 95.2 Å². The van der Waals surface area contributed by atoms with Gasteiger partial charge in [-0.2, -0.15) is 5.26 Å². The lowest BCUT2D eigenvalue weighted by atomic mass is 10.2. The van der Waals surface area contributed by atoms with Gasteiger partial charge in [0.25, 0.3) is 0 Å². The lowest BCUT2D eigenvalue weighted by Crippen LogP contribution is -1.90. The maximum Gasteiger partial charge on any atom is 0.0992 e. The minimum absolute atomic E-state index is 0.664. The maximum atomic E-state index is 8.79. The summed E-state index contributed by atoms with van der Waals surface area (Å²) in [5.41, 5.74) is 3.86. The van der Waals surface area contributed by atoms with Crippen LogP contribution in [0.15, 0.2) is 48.5 Å². The Bertz CT molecular complexity index is 521. The fourth-order valence-corrected chi connectivity index (χ4v) is 1.47. The first kappa shape index (κ1) is 10.3. The summed E-state index contributed by atoms with van der Waals surface area (Å²) >= 11 is 0. The van der Waals surface area contributed by atoms with Gasteiger partial charge < -0.3 is 5.32 Å². The minimum atomic E-state index is 0.664. The second-order valence-electron chi connectivity index (χ2n) is 3.68. The van der Waals surface area contributed by atoms with E-state index >= 15 is 0 Å². The number of hydrogen-bond donors (Lipinski definition) is 1. The maximum absolute atomic E-state index is 8.79. The zero-order valence-electron chi connectivity index (χ0n) is 9.07. The molecule has 0 spiro atoms. The standard InChI is InChI=1S/C14H12N2/c1-11-5-7-13(8-6-11)16-14-4-2-3-12(9-14)10-15/h2-9,16H,1H3. The number of nitrogens with zero attached hydrogens (tertiary/aromatic N) is 1. The summed E-state index contributed by atoms with van der Waals surface area (Å²) in [5.74, 6) is 0. The molecule has 0 aliphatic heterocycles. The molecule has 0 aromatic heterocycles. The van der Waals surface area contributed by atoms with Gasteiger partial charge in [-0.1, -0.05) is 23.8 Å². The third-order valence-electron chi connectivity index (χ3n) is 2.33. The molecule has 2 aromatic carbocycles. The van der Waals surface area contributed by atoms with E-state index in [4.69, 9.17) is 5.26 Å². The van der Waals surface area contributed by atoms with Crippen molar-refractivity contribution >= 4 is 11.4 Å². The number of anilines is 2. The molecule has 78 valence electrons. The first-order valence-electron chi connectivity index (χ1n) is 5.12. The van der Waals surface area contributed by atoms with Crippen LogP contribution in [0.3, 0.4) is 0 Å². The van der Waals surface area contributed by atoms with Gasteiger partial charge in [-0.25, -0.2) is 0 Å². The second-order valence-corrected chi connectivity index (χ2v) is 3.68. The molecule has 2 aromatic rings. The Kier molecular flexibility index (Phi) is 2.88. The van der Waals surface area contributed by atoms with Gasteiger partial charge in [0.2, 0.25) is 0 Å². The number of benzene rings is 2. The van der Waals surface area contributed by atoms with E-state index in [9.17, 15) is 0 Å². The number of rotatable bonds is 2. The zero-order valence-corrected chi connectivity index (χ0v) is 9.07. The molecule has 2 nitrogen and oxygen atoms in total. The molecule has 2 heteroatoms. The summed E-state index contributed by atoms with van der Waals surface area (Å²) in [7, 11) is 0. The van der Waals surface area contributed by atoms with Crippen molar-refractivity contribution in [3.8, 4) is 6.07 Å². The zero-order chi connectivity index (χ0) is 11.4. The molecule has 0 aliphatic rings. The normalized spacial score (nSPS) is 9.50. The average molecular weight is 208 g/mol.